The molecule has 4 rings (SSSR count). The minimum Gasteiger partial charge on any atom is -0.293 e. The van der Waals surface area contributed by atoms with Crippen molar-refractivity contribution in [2.24, 2.45) is 0 Å². The monoisotopic (exact) mass is 393 g/mol. The van der Waals surface area contributed by atoms with Crippen molar-refractivity contribution in [1.82, 2.24) is 14.8 Å². The molecule has 2 aromatic carbocycles. The quantitative estimate of drug-likeness (QED) is 0.491. The summed E-state index contributed by atoms with van der Waals surface area (Å²) in [5.74, 6) is 0.0739. The molecule has 1 aliphatic rings. The van der Waals surface area contributed by atoms with Gasteiger partial charge < -0.3 is 0 Å². The third-order valence-corrected chi connectivity index (χ3v) is 6.31. The largest absolute Gasteiger partial charge is 0.343 e. The lowest BCUT2D eigenvalue weighted by atomic mass is 10.0. The van der Waals surface area contributed by atoms with Crippen LogP contribution in [-0.4, -0.2) is 25.8 Å². The van der Waals surface area contributed by atoms with Gasteiger partial charge in [-0.3, -0.25) is 9.36 Å². The molecule has 144 valence electrons. The van der Waals surface area contributed by atoms with Crippen molar-refractivity contribution in [1.29, 1.82) is 0 Å². The van der Waals surface area contributed by atoms with E-state index >= 15 is 0 Å². The van der Waals surface area contributed by atoms with E-state index in [4.69, 9.17) is 0 Å². The smallest absolute Gasteiger partial charge is 0.293 e. The van der Waals surface area contributed by atoms with Gasteiger partial charge >= 0.3 is 5.69 Å². The number of thioether (sulfide) groups is 1. The fraction of sp³-hybridized carbons (Fsp3) is 0.318. The van der Waals surface area contributed by atoms with Gasteiger partial charge in [-0.25, -0.2) is 9.89 Å². The average molecular weight is 394 g/mol. The van der Waals surface area contributed by atoms with Crippen molar-refractivity contribution in [3.8, 4) is 0 Å². The standard InChI is InChI=1S/C22H23N3O2S/c1-15(20(26)19-11-10-17-8-5-9-18(17)14-19)28-22-24-23-21(27)25(22)13-12-16-6-3-2-4-7-16/h2-4,6-7,10-11,14-15H,5,8-9,12-13H2,1H3,(H,23,27)/t15-/m0/s1. The molecule has 0 bridgehead atoms. The van der Waals surface area contributed by atoms with E-state index in [1.54, 1.807) is 4.57 Å². The number of aromatic amines is 1. The van der Waals surface area contributed by atoms with Gasteiger partial charge in [-0.2, -0.15) is 0 Å². The number of nitrogens with one attached hydrogen (secondary N) is 1. The van der Waals surface area contributed by atoms with Gasteiger partial charge in [0.2, 0.25) is 0 Å². The predicted octanol–water partition coefficient (Wildman–Crippen LogP) is 3.67. The maximum Gasteiger partial charge on any atom is 0.343 e. The molecule has 0 amide bonds. The first kappa shape index (κ1) is 18.7. The maximum absolute atomic E-state index is 12.9. The van der Waals surface area contributed by atoms with E-state index in [1.165, 1.54) is 22.9 Å². The Morgan fingerprint density at radius 2 is 1.96 bits per heavy atom. The van der Waals surface area contributed by atoms with Crippen LogP contribution in [-0.2, 0) is 25.8 Å². The third kappa shape index (κ3) is 3.97. The summed E-state index contributed by atoms with van der Waals surface area (Å²) >= 11 is 1.33. The average Bonchev–Trinajstić information content (AvgIpc) is 3.32. The summed E-state index contributed by atoms with van der Waals surface area (Å²) in [5.41, 5.74) is 4.32. The normalized spacial score (nSPS) is 14.0. The number of hydrogen-bond acceptors (Lipinski definition) is 4. The number of benzene rings is 2. The topological polar surface area (TPSA) is 67.8 Å². The number of fused-ring (bicyclic) bond motifs is 1. The Labute approximate surface area is 168 Å². The Morgan fingerprint density at radius 1 is 1.18 bits per heavy atom. The van der Waals surface area contributed by atoms with Gasteiger partial charge in [-0.05, 0) is 55.4 Å². The van der Waals surface area contributed by atoms with Crippen LogP contribution in [0.3, 0.4) is 0 Å². The highest BCUT2D eigenvalue weighted by Gasteiger charge is 2.22. The maximum atomic E-state index is 12.9. The van der Waals surface area contributed by atoms with Crippen LogP contribution in [0.25, 0.3) is 0 Å². The highest BCUT2D eigenvalue weighted by atomic mass is 32.2. The highest BCUT2D eigenvalue weighted by molar-refractivity contribution is 8.00. The second kappa shape index (κ2) is 8.19. The van der Waals surface area contributed by atoms with E-state index in [2.05, 4.69) is 16.3 Å². The molecule has 5 nitrogen and oxygen atoms in total. The molecule has 1 atom stereocenters. The van der Waals surface area contributed by atoms with Crippen LogP contribution in [0.15, 0.2) is 58.5 Å². The lowest BCUT2D eigenvalue weighted by Gasteiger charge is -2.12. The molecular formula is C22H23N3O2S. The first-order valence-electron chi connectivity index (χ1n) is 9.63. The number of carbonyl (C=O) groups excluding carboxylic acids is 1. The molecule has 0 saturated heterocycles. The van der Waals surface area contributed by atoms with Crippen molar-refractivity contribution < 1.29 is 4.79 Å². The number of rotatable bonds is 7. The van der Waals surface area contributed by atoms with Crippen LogP contribution in [0.5, 0.6) is 0 Å². The van der Waals surface area contributed by atoms with Crippen LogP contribution in [0, 0.1) is 0 Å². The molecule has 0 radical (unpaired) electrons. The number of hydrogen-bond donors (Lipinski definition) is 1. The molecule has 0 unspecified atom stereocenters. The zero-order valence-corrected chi connectivity index (χ0v) is 16.7. The molecular weight excluding hydrogens is 370 g/mol. The number of aryl methyl sites for hydroxylation is 3. The Kier molecular flexibility index (Phi) is 5.48. The van der Waals surface area contributed by atoms with Crippen molar-refractivity contribution in [3.05, 3.63) is 81.3 Å². The Hall–Kier alpha value is -2.60. The van der Waals surface area contributed by atoms with Crippen LogP contribution < -0.4 is 5.69 Å². The third-order valence-electron chi connectivity index (χ3n) is 5.22. The molecule has 0 fully saturated rings. The Bertz CT molecular complexity index is 1040. The molecule has 0 aliphatic heterocycles. The van der Waals surface area contributed by atoms with E-state index in [-0.39, 0.29) is 16.7 Å². The first-order chi connectivity index (χ1) is 13.6. The van der Waals surface area contributed by atoms with Gasteiger partial charge in [0.15, 0.2) is 10.9 Å². The van der Waals surface area contributed by atoms with E-state index in [0.29, 0.717) is 11.7 Å². The predicted molar refractivity (Wildman–Crippen MR) is 111 cm³/mol. The fourth-order valence-corrected chi connectivity index (χ4v) is 4.61. The number of aromatic nitrogens is 3. The molecule has 3 aromatic rings. The molecule has 0 saturated carbocycles. The van der Waals surface area contributed by atoms with Crippen molar-refractivity contribution in [3.63, 3.8) is 0 Å². The van der Waals surface area contributed by atoms with Crippen molar-refractivity contribution >= 4 is 17.5 Å². The summed E-state index contributed by atoms with van der Waals surface area (Å²) in [4.78, 5) is 25.1. The molecule has 6 heteroatoms. The van der Waals surface area contributed by atoms with Gasteiger partial charge in [-0.1, -0.05) is 54.2 Å². The molecule has 1 aromatic heterocycles. The van der Waals surface area contributed by atoms with Crippen LogP contribution in [0.1, 0.15) is 40.4 Å². The first-order valence-corrected chi connectivity index (χ1v) is 10.5. The van der Waals surface area contributed by atoms with Crippen LogP contribution in [0.4, 0.5) is 0 Å². The molecule has 1 heterocycles. The minimum atomic E-state index is -0.315. The van der Waals surface area contributed by atoms with Crippen molar-refractivity contribution in [2.75, 3.05) is 0 Å². The van der Waals surface area contributed by atoms with E-state index in [1.807, 2.05) is 49.4 Å². The van der Waals surface area contributed by atoms with Gasteiger partial charge in [0.05, 0.1) is 5.25 Å². The number of Topliss-reactive ketones (excluding diaryl/α,β-unsaturated/α-hetero) is 1. The lowest BCUT2D eigenvalue weighted by Crippen LogP contribution is -2.20. The van der Waals surface area contributed by atoms with Gasteiger partial charge in [0, 0.05) is 12.1 Å². The molecule has 0 spiro atoms. The number of carbonyl (C=O) groups is 1. The summed E-state index contributed by atoms with van der Waals surface area (Å²) in [6, 6.07) is 16.1. The second-order valence-electron chi connectivity index (χ2n) is 7.16. The molecule has 1 N–H and O–H groups in total. The van der Waals surface area contributed by atoms with Gasteiger partial charge in [0.1, 0.15) is 0 Å². The van der Waals surface area contributed by atoms with E-state index in [0.717, 1.165) is 36.8 Å². The summed E-state index contributed by atoms with van der Waals surface area (Å²) in [6.07, 6.45) is 4.06. The molecule has 1 aliphatic carbocycles. The zero-order valence-electron chi connectivity index (χ0n) is 15.9. The summed E-state index contributed by atoms with van der Waals surface area (Å²) in [7, 11) is 0. The number of ketones is 1. The van der Waals surface area contributed by atoms with Crippen LogP contribution >= 0.6 is 11.8 Å². The fourth-order valence-electron chi connectivity index (χ4n) is 3.65. The van der Waals surface area contributed by atoms with Crippen molar-refractivity contribution in [2.45, 2.75) is 49.6 Å². The Balaban J connectivity index is 1.46. The lowest BCUT2D eigenvalue weighted by molar-refractivity contribution is 0.0993. The van der Waals surface area contributed by atoms with E-state index < -0.39 is 0 Å². The summed E-state index contributed by atoms with van der Waals surface area (Å²) in [5, 5.41) is 6.90. The SMILES string of the molecule is C[C@H](Sc1n[nH]c(=O)n1CCc1ccccc1)C(=O)c1ccc2c(c1)CCC2. The van der Waals surface area contributed by atoms with Crippen LogP contribution in [0.2, 0.25) is 0 Å². The van der Waals surface area contributed by atoms with E-state index in [9.17, 15) is 9.59 Å². The van der Waals surface area contributed by atoms with Gasteiger partial charge in [-0.15, -0.1) is 5.10 Å². The minimum absolute atomic E-state index is 0.0739. The Morgan fingerprint density at radius 3 is 2.79 bits per heavy atom. The highest BCUT2D eigenvalue weighted by Crippen LogP contribution is 2.27. The zero-order chi connectivity index (χ0) is 19.5. The number of H-pyrrole nitrogens is 1. The summed E-state index contributed by atoms with van der Waals surface area (Å²) < 4.78 is 1.62. The second-order valence-corrected chi connectivity index (χ2v) is 8.47. The summed E-state index contributed by atoms with van der Waals surface area (Å²) in [6.45, 7) is 2.41. The van der Waals surface area contributed by atoms with Gasteiger partial charge in [0.25, 0.3) is 0 Å². The molecule has 28 heavy (non-hydrogen) atoms. The number of nitrogens with zero attached hydrogens (tertiary/aromatic N) is 2.